The van der Waals surface area contributed by atoms with Gasteiger partial charge in [0.15, 0.2) is 11.4 Å². The van der Waals surface area contributed by atoms with E-state index in [1.165, 1.54) is 0 Å². The predicted molar refractivity (Wildman–Crippen MR) is 53.6 cm³/mol. The summed E-state index contributed by atoms with van der Waals surface area (Å²) in [6.07, 6.45) is 0. The zero-order valence-electron chi connectivity index (χ0n) is 6.86. The molecular weight excluding hydrogens is 190 g/mol. The van der Waals surface area contributed by atoms with Crippen LogP contribution in [0.5, 0.6) is 0 Å². The molecule has 4 N–H and O–H groups in total. The number of nitrogen functional groups attached to an aromatic ring is 1. The van der Waals surface area contributed by atoms with E-state index in [0.29, 0.717) is 17.9 Å². The van der Waals surface area contributed by atoms with Crippen LogP contribution in [-0.4, -0.2) is 5.16 Å². The summed E-state index contributed by atoms with van der Waals surface area (Å²) in [6, 6.07) is 5.62. The number of nitrogens with zero attached hydrogens (tertiary/aromatic N) is 1. The molecule has 13 heavy (non-hydrogen) atoms. The third-order valence-electron chi connectivity index (χ3n) is 1.80. The van der Waals surface area contributed by atoms with Crippen molar-refractivity contribution in [3.63, 3.8) is 0 Å². The summed E-state index contributed by atoms with van der Waals surface area (Å²) in [5, 5.41) is 4.47. The molecule has 0 saturated heterocycles. The first-order valence-corrected chi connectivity index (χ1v) is 3.65. The van der Waals surface area contributed by atoms with Crippen LogP contribution >= 0.6 is 12.4 Å². The zero-order valence-corrected chi connectivity index (χ0v) is 7.67. The summed E-state index contributed by atoms with van der Waals surface area (Å²) in [6.45, 7) is 0.497. The Morgan fingerprint density at radius 1 is 1.38 bits per heavy atom. The van der Waals surface area contributed by atoms with Crippen molar-refractivity contribution >= 4 is 29.2 Å². The highest BCUT2D eigenvalue weighted by Crippen LogP contribution is 2.20. The van der Waals surface area contributed by atoms with Crippen molar-refractivity contribution in [2.75, 3.05) is 5.73 Å². The Kier molecular flexibility index (Phi) is 2.75. The molecule has 0 fully saturated rings. The second kappa shape index (κ2) is 3.64. The highest BCUT2D eigenvalue weighted by Gasteiger charge is 2.03. The van der Waals surface area contributed by atoms with Crippen molar-refractivity contribution in [1.82, 2.24) is 5.16 Å². The van der Waals surface area contributed by atoms with Crippen LogP contribution < -0.4 is 11.5 Å². The normalized spacial score (nSPS) is 9.92. The summed E-state index contributed by atoms with van der Waals surface area (Å²) < 4.78 is 4.96. The minimum Gasteiger partial charge on any atom is -0.380 e. The minimum absolute atomic E-state index is 0. The Hall–Kier alpha value is -1.26. The number of benzene rings is 1. The molecule has 2 aromatic rings. The number of hydrogen-bond acceptors (Lipinski definition) is 4. The van der Waals surface area contributed by atoms with Crippen molar-refractivity contribution in [2.24, 2.45) is 5.73 Å². The van der Waals surface area contributed by atoms with Crippen LogP contribution in [0.2, 0.25) is 0 Å². The van der Waals surface area contributed by atoms with Gasteiger partial charge in [-0.15, -0.1) is 12.4 Å². The van der Waals surface area contributed by atoms with Gasteiger partial charge in [0.2, 0.25) is 0 Å². The van der Waals surface area contributed by atoms with E-state index >= 15 is 0 Å². The topological polar surface area (TPSA) is 78.1 Å². The summed E-state index contributed by atoms with van der Waals surface area (Å²) in [7, 11) is 0. The summed E-state index contributed by atoms with van der Waals surface area (Å²) >= 11 is 0. The van der Waals surface area contributed by atoms with Gasteiger partial charge in [0.25, 0.3) is 0 Å². The standard InChI is InChI=1S/C8H9N3O.ClH/c9-4-5-1-2-6-7(3-5)12-11-8(6)10;/h1-3H,4,9H2,(H2,10,11);1H. The van der Waals surface area contributed by atoms with Crippen LogP contribution in [0.15, 0.2) is 22.7 Å². The average Bonchev–Trinajstić information content (AvgIpc) is 2.47. The lowest BCUT2D eigenvalue weighted by Gasteiger charge is -1.93. The number of halogens is 1. The first-order chi connectivity index (χ1) is 5.81. The van der Waals surface area contributed by atoms with Crippen molar-refractivity contribution in [1.29, 1.82) is 0 Å². The van der Waals surface area contributed by atoms with Crippen molar-refractivity contribution < 1.29 is 4.52 Å². The zero-order chi connectivity index (χ0) is 8.55. The average molecular weight is 200 g/mol. The van der Waals surface area contributed by atoms with Gasteiger partial charge in [-0.2, -0.15) is 0 Å². The molecule has 70 valence electrons. The van der Waals surface area contributed by atoms with Crippen molar-refractivity contribution in [2.45, 2.75) is 6.54 Å². The van der Waals surface area contributed by atoms with Gasteiger partial charge in [0.1, 0.15) is 0 Å². The molecule has 0 amide bonds. The van der Waals surface area contributed by atoms with Crippen LogP contribution in [0.4, 0.5) is 5.82 Å². The molecule has 0 radical (unpaired) electrons. The number of fused-ring (bicyclic) bond motifs is 1. The monoisotopic (exact) mass is 199 g/mol. The van der Waals surface area contributed by atoms with Crippen molar-refractivity contribution in [3.05, 3.63) is 23.8 Å². The van der Waals surface area contributed by atoms with Gasteiger partial charge in [-0.25, -0.2) is 0 Å². The van der Waals surface area contributed by atoms with Crippen LogP contribution in [0.1, 0.15) is 5.56 Å². The fraction of sp³-hybridized carbons (Fsp3) is 0.125. The first-order valence-electron chi connectivity index (χ1n) is 3.65. The van der Waals surface area contributed by atoms with Gasteiger partial charge in [0, 0.05) is 6.54 Å². The van der Waals surface area contributed by atoms with E-state index in [1.807, 2.05) is 18.2 Å². The molecule has 0 aliphatic heterocycles. The summed E-state index contributed by atoms with van der Waals surface area (Å²) in [5.41, 5.74) is 12.7. The molecule has 0 aliphatic rings. The molecule has 0 saturated carbocycles. The Morgan fingerprint density at radius 3 is 2.85 bits per heavy atom. The van der Waals surface area contributed by atoms with E-state index < -0.39 is 0 Å². The Bertz CT molecular complexity index is 413. The van der Waals surface area contributed by atoms with E-state index in [2.05, 4.69) is 5.16 Å². The minimum atomic E-state index is 0. The van der Waals surface area contributed by atoms with Crippen LogP contribution in [0, 0.1) is 0 Å². The Morgan fingerprint density at radius 2 is 2.15 bits per heavy atom. The Balaban J connectivity index is 0.000000845. The number of aromatic nitrogens is 1. The second-order valence-electron chi connectivity index (χ2n) is 2.60. The lowest BCUT2D eigenvalue weighted by atomic mass is 10.2. The van der Waals surface area contributed by atoms with Gasteiger partial charge < -0.3 is 16.0 Å². The predicted octanol–water partition coefficient (Wildman–Crippen LogP) is 1.29. The molecule has 0 bridgehead atoms. The highest BCUT2D eigenvalue weighted by molar-refractivity contribution is 5.87. The van der Waals surface area contributed by atoms with Gasteiger partial charge >= 0.3 is 0 Å². The fourth-order valence-electron chi connectivity index (χ4n) is 1.13. The molecule has 4 nitrogen and oxygen atoms in total. The molecule has 1 heterocycles. The lowest BCUT2D eigenvalue weighted by Crippen LogP contribution is -1.94. The van der Waals surface area contributed by atoms with E-state index in [9.17, 15) is 0 Å². The number of anilines is 1. The third kappa shape index (κ3) is 1.59. The molecule has 0 atom stereocenters. The van der Waals surface area contributed by atoms with E-state index in [1.54, 1.807) is 0 Å². The number of hydrogen-bond donors (Lipinski definition) is 2. The van der Waals surface area contributed by atoms with E-state index in [0.717, 1.165) is 10.9 Å². The second-order valence-corrected chi connectivity index (χ2v) is 2.60. The third-order valence-corrected chi connectivity index (χ3v) is 1.80. The molecule has 5 heteroatoms. The van der Waals surface area contributed by atoms with E-state index in [-0.39, 0.29) is 12.4 Å². The molecule has 2 rings (SSSR count). The maximum absolute atomic E-state index is 5.53. The molecule has 0 aliphatic carbocycles. The van der Waals surface area contributed by atoms with E-state index in [4.69, 9.17) is 16.0 Å². The first kappa shape index (κ1) is 9.83. The molecular formula is C8H10ClN3O. The van der Waals surface area contributed by atoms with Gasteiger partial charge in [-0.3, -0.25) is 0 Å². The smallest absolute Gasteiger partial charge is 0.174 e. The Labute approximate surface area is 81.3 Å². The van der Waals surface area contributed by atoms with Crippen LogP contribution in [0.3, 0.4) is 0 Å². The fourth-order valence-corrected chi connectivity index (χ4v) is 1.13. The maximum atomic E-state index is 5.53. The highest BCUT2D eigenvalue weighted by atomic mass is 35.5. The largest absolute Gasteiger partial charge is 0.380 e. The summed E-state index contributed by atoms with van der Waals surface area (Å²) in [5.74, 6) is 0.425. The lowest BCUT2D eigenvalue weighted by molar-refractivity contribution is 0.460. The quantitative estimate of drug-likeness (QED) is 0.726. The van der Waals surface area contributed by atoms with Gasteiger partial charge in [-0.1, -0.05) is 11.2 Å². The molecule has 0 unspecified atom stereocenters. The van der Waals surface area contributed by atoms with Crippen LogP contribution in [-0.2, 0) is 6.54 Å². The maximum Gasteiger partial charge on any atom is 0.174 e. The molecule has 0 spiro atoms. The number of rotatable bonds is 1. The number of nitrogens with two attached hydrogens (primary N) is 2. The molecule has 1 aromatic carbocycles. The van der Waals surface area contributed by atoms with Crippen molar-refractivity contribution in [3.8, 4) is 0 Å². The SMILES string of the molecule is Cl.NCc1ccc2c(N)noc2c1. The summed E-state index contributed by atoms with van der Waals surface area (Å²) in [4.78, 5) is 0. The van der Waals surface area contributed by atoms with Crippen LogP contribution in [0.25, 0.3) is 11.0 Å². The molecule has 1 aromatic heterocycles. The van der Waals surface area contributed by atoms with Gasteiger partial charge in [-0.05, 0) is 17.7 Å². The van der Waals surface area contributed by atoms with Gasteiger partial charge in [0.05, 0.1) is 5.39 Å².